The summed E-state index contributed by atoms with van der Waals surface area (Å²) in [6.45, 7) is 12.3. The molecular formula is C15H29N3O2. The van der Waals surface area contributed by atoms with Crippen molar-refractivity contribution in [1.29, 1.82) is 0 Å². The van der Waals surface area contributed by atoms with Gasteiger partial charge in [-0.3, -0.25) is 14.6 Å². The van der Waals surface area contributed by atoms with Crippen molar-refractivity contribution in [2.24, 2.45) is 22.7 Å². The van der Waals surface area contributed by atoms with E-state index in [-0.39, 0.29) is 34.5 Å². The number of hydrazine groups is 1. The number of nitrogens with one attached hydrogen (secondary N) is 2. The zero-order valence-corrected chi connectivity index (χ0v) is 14.0. The Morgan fingerprint density at radius 1 is 1.10 bits per heavy atom. The first-order valence-corrected chi connectivity index (χ1v) is 7.23. The number of likely N-dealkylation sites (N-methyl/N-ethyl adjacent to an activating group) is 1. The number of amides is 2. The molecule has 0 aromatic rings. The maximum atomic E-state index is 12.5. The molecule has 1 saturated carbocycles. The minimum atomic E-state index is -0.493. The first-order chi connectivity index (χ1) is 8.98. The van der Waals surface area contributed by atoms with Gasteiger partial charge in [0.25, 0.3) is 5.91 Å². The number of nitrogens with zero attached hydrogens (tertiary/aromatic N) is 1. The van der Waals surface area contributed by atoms with Gasteiger partial charge in [0.2, 0.25) is 5.91 Å². The summed E-state index contributed by atoms with van der Waals surface area (Å²) in [5.41, 5.74) is 2.75. The molecule has 0 aromatic carbocycles. The average molecular weight is 283 g/mol. The molecule has 1 unspecified atom stereocenters. The summed E-state index contributed by atoms with van der Waals surface area (Å²) in [6, 6.07) is -0.493. The van der Waals surface area contributed by atoms with E-state index in [2.05, 4.69) is 38.4 Å². The highest BCUT2D eigenvalue weighted by Gasteiger charge is 2.68. The number of hydrogen-bond acceptors (Lipinski definition) is 3. The summed E-state index contributed by atoms with van der Waals surface area (Å²) in [7, 11) is 3.35. The van der Waals surface area contributed by atoms with Crippen LogP contribution >= 0.6 is 0 Å². The van der Waals surface area contributed by atoms with Crippen molar-refractivity contribution in [3.8, 4) is 0 Å². The minimum Gasteiger partial charge on any atom is -0.344 e. The molecule has 0 spiro atoms. The van der Waals surface area contributed by atoms with Crippen LogP contribution in [0.15, 0.2) is 0 Å². The SMILES string of the molecule is CNN(C)C(=O)C(NC(=O)C1C(C)(C)C1(C)C)C(C)C. The summed E-state index contributed by atoms with van der Waals surface area (Å²) in [5.74, 6) is -0.125. The molecule has 0 radical (unpaired) electrons. The zero-order chi connectivity index (χ0) is 15.9. The number of rotatable bonds is 5. The second kappa shape index (κ2) is 5.35. The van der Waals surface area contributed by atoms with Gasteiger partial charge in [-0.2, -0.15) is 0 Å². The van der Waals surface area contributed by atoms with Crippen LogP contribution in [-0.4, -0.2) is 37.0 Å². The third-order valence-corrected chi connectivity index (χ3v) is 5.18. The van der Waals surface area contributed by atoms with Crippen LogP contribution in [0, 0.1) is 22.7 Å². The van der Waals surface area contributed by atoms with E-state index in [0.717, 1.165) is 0 Å². The summed E-state index contributed by atoms with van der Waals surface area (Å²) in [5, 5.41) is 4.35. The normalized spacial score (nSPS) is 21.4. The summed E-state index contributed by atoms with van der Waals surface area (Å²) in [6.07, 6.45) is 0. The second-order valence-corrected chi connectivity index (χ2v) is 7.23. The molecule has 1 aliphatic rings. The standard InChI is InChI=1S/C15H29N3O2/c1-9(2)10(13(20)18(8)16-7)17-12(19)11-14(3,4)15(11,5)6/h9-11,16H,1-8H3,(H,17,19). The van der Waals surface area contributed by atoms with Gasteiger partial charge in [-0.25, -0.2) is 5.43 Å². The third-order valence-electron chi connectivity index (χ3n) is 5.18. The lowest BCUT2D eigenvalue weighted by Crippen LogP contribution is -2.53. The zero-order valence-electron chi connectivity index (χ0n) is 14.0. The quantitative estimate of drug-likeness (QED) is 0.750. The summed E-state index contributed by atoms with van der Waals surface area (Å²) in [4.78, 5) is 24.7. The van der Waals surface area contributed by atoms with E-state index in [1.165, 1.54) is 5.01 Å². The smallest absolute Gasteiger partial charge is 0.259 e. The molecule has 0 aliphatic heterocycles. The summed E-state index contributed by atoms with van der Waals surface area (Å²) >= 11 is 0. The number of carbonyl (C=O) groups is 2. The lowest BCUT2D eigenvalue weighted by molar-refractivity contribution is -0.139. The van der Waals surface area contributed by atoms with Crippen LogP contribution in [-0.2, 0) is 9.59 Å². The molecule has 5 heteroatoms. The molecule has 2 N–H and O–H groups in total. The predicted molar refractivity (Wildman–Crippen MR) is 79.7 cm³/mol. The Bertz CT molecular complexity index is 388. The lowest BCUT2D eigenvalue weighted by Gasteiger charge is -2.26. The molecule has 0 bridgehead atoms. The fourth-order valence-electron chi connectivity index (χ4n) is 2.92. The van der Waals surface area contributed by atoms with Crippen molar-refractivity contribution in [1.82, 2.24) is 15.8 Å². The van der Waals surface area contributed by atoms with E-state index >= 15 is 0 Å². The van der Waals surface area contributed by atoms with E-state index in [9.17, 15) is 9.59 Å². The van der Waals surface area contributed by atoms with Gasteiger partial charge in [-0.1, -0.05) is 41.5 Å². The van der Waals surface area contributed by atoms with Gasteiger partial charge in [-0.15, -0.1) is 0 Å². The molecule has 20 heavy (non-hydrogen) atoms. The Labute approximate surface area is 122 Å². The Morgan fingerprint density at radius 3 is 1.85 bits per heavy atom. The van der Waals surface area contributed by atoms with Crippen molar-refractivity contribution in [3.05, 3.63) is 0 Å². The molecule has 1 aliphatic carbocycles. The molecule has 1 fully saturated rings. The Balaban J connectivity index is 2.79. The number of carbonyl (C=O) groups excluding carboxylic acids is 2. The predicted octanol–water partition coefficient (Wildman–Crippen LogP) is 1.40. The van der Waals surface area contributed by atoms with Crippen molar-refractivity contribution in [2.45, 2.75) is 47.6 Å². The van der Waals surface area contributed by atoms with Crippen LogP contribution in [0.2, 0.25) is 0 Å². The van der Waals surface area contributed by atoms with E-state index in [1.807, 2.05) is 13.8 Å². The molecule has 0 heterocycles. The maximum absolute atomic E-state index is 12.5. The first-order valence-electron chi connectivity index (χ1n) is 7.23. The largest absolute Gasteiger partial charge is 0.344 e. The molecule has 1 rings (SSSR count). The van der Waals surface area contributed by atoms with E-state index < -0.39 is 6.04 Å². The minimum absolute atomic E-state index is 0.0171. The highest BCUT2D eigenvalue weighted by molar-refractivity contribution is 5.90. The maximum Gasteiger partial charge on any atom is 0.259 e. The molecule has 1 atom stereocenters. The monoisotopic (exact) mass is 283 g/mol. The highest BCUT2D eigenvalue weighted by Crippen LogP contribution is 2.68. The fraction of sp³-hybridized carbons (Fsp3) is 0.867. The topological polar surface area (TPSA) is 61.4 Å². The van der Waals surface area contributed by atoms with E-state index in [1.54, 1.807) is 14.1 Å². The van der Waals surface area contributed by atoms with Gasteiger partial charge in [0.15, 0.2) is 0 Å². The Hall–Kier alpha value is -1.10. The molecule has 116 valence electrons. The fourth-order valence-corrected chi connectivity index (χ4v) is 2.92. The van der Waals surface area contributed by atoms with Crippen LogP contribution < -0.4 is 10.7 Å². The van der Waals surface area contributed by atoms with Crippen molar-refractivity contribution < 1.29 is 9.59 Å². The Kier molecular flexibility index (Phi) is 4.54. The first kappa shape index (κ1) is 17.0. The molecule has 0 aromatic heterocycles. The van der Waals surface area contributed by atoms with Crippen LogP contribution in [0.3, 0.4) is 0 Å². The second-order valence-electron chi connectivity index (χ2n) is 7.23. The summed E-state index contributed by atoms with van der Waals surface area (Å²) < 4.78 is 0. The van der Waals surface area contributed by atoms with Gasteiger partial charge < -0.3 is 5.32 Å². The van der Waals surface area contributed by atoms with Gasteiger partial charge >= 0.3 is 0 Å². The molecular weight excluding hydrogens is 254 g/mol. The Morgan fingerprint density at radius 2 is 1.55 bits per heavy atom. The third kappa shape index (κ3) is 2.68. The van der Waals surface area contributed by atoms with Crippen LogP contribution in [0.5, 0.6) is 0 Å². The average Bonchev–Trinajstić information content (AvgIpc) is 2.74. The van der Waals surface area contributed by atoms with Crippen molar-refractivity contribution >= 4 is 11.8 Å². The van der Waals surface area contributed by atoms with Crippen molar-refractivity contribution in [3.63, 3.8) is 0 Å². The molecule has 5 nitrogen and oxygen atoms in total. The van der Waals surface area contributed by atoms with E-state index in [4.69, 9.17) is 0 Å². The van der Waals surface area contributed by atoms with Gasteiger partial charge in [0.1, 0.15) is 6.04 Å². The lowest BCUT2D eigenvalue weighted by atomic mass is 10.0. The highest BCUT2D eigenvalue weighted by atomic mass is 16.2. The number of hydrogen-bond donors (Lipinski definition) is 2. The molecule has 2 amide bonds. The van der Waals surface area contributed by atoms with Crippen LogP contribution in [0.1, 0.15) is 41.5 Å². The van der Waals surface area contributed by atoms with Crippen LogP contribution in [0.25, 0.3) is 0 Å². The van der Waals surface area contributed by atoms with Crippen molar-refractivity contribution in [2.75, 3.05) is 14.1 Å². The van der Waals surface area contributed by atoms with E-state index in [0.29, 0.717) is 0 Å². The van der Waals surface area contributed by atoms with Gasteiger partial charge in [0.05, 0.1) is 0 Å². The van der Waals surface area contributed by atoms with Gasteiger partial charge in [-0.05, 0) is 16.7 Å². The van der Waals surface area contributed by atoms with Gasteiger partial charge in [0, 0.05) is 20.0 Å². The van der Waals surface area contributed by atoms with Crippen LogP contribution in [0.4, 0.5) is 0 Å². The molecule has 0 saturated heterocycles.